The van der Waals surface area contributed by atoms with E-state index in [1.807, 2.05) is 34.0 Å². The van der Waals surface area contributed by atoms with Crippen LogP contribution in [0.1, 0.15) is 0 Å². The average Bonchev–Trinajstić information content (AvgIpc) is 3.97. The summed E-state index contributed by atoms with van der Waals surface area (Å²) in [5.41, 5.74) is 10.7. The zero-order valence-corrected chi connectivity index (χ0v) is 33.7. The zero-order chi connectivity index (χ0) is 38.2. The number of thiophene rings is 3. The monoisotopic (exact) mass is 791 g/mol. The maximum atomic E-state index is 2.37. The second-order valence-electron chi connectivity index (χ2n) is 14.9. The van der Waals surface area contributed by atoms with E-state index < -0.39 is 0 Å². The van der Waals surface area contributed by atoms with E-state index in [-0.39, 0.29) is 0 Å². The number of hydrogen-bond acceptors (Lipinski definition) is 4. The topological polar surface area (TPSA) is 3.24 Å². The highest BCUT2D eigenvalue weighted by atomic mass is 32.1. The lowest BCUT2D eigenvalue weighted by Crippen LogP contribution is -2.09. The molecule has 1 nitrogen and oxygen atoms in total. The van der Waals surface area contributed by atoms with Crippen molar-refractivity contribution in [2.75, 3.05) is 4.90 Å². The molecule has 0 aliphatic rings. The fraction of sp³-hybridized carbons (Fsp3) is 0. The highest BCUT2D eigenvalue weighted by Gasteiger charge is 2.16. The van der Waals surface area contributed by atoms with Gasteiger partial charge in [0, 0.05) is 77.6 Å². The van der Waals surface area contributed by atoms with Gasteiger partial charge in [-0.05, 0) is 106 Å². The predicted molar refractivity (Wildman–Crippen MR) is 256 cm³/mol. The van der Waals surface area contributed by atoms with Crippen LogP contribution in [0.3, 0.4) is 0 Å². The minimum Gasteiger partial charge on any atom is -0.311 e. The molecule has 0 saturated heterocycles. The lowest BCUT2D eigenvalue weighted by molar-refractivity contribution is 1.28. The fourth-order valence-corrected chi connectivity index (χ4v) is 12.0. The van der Waals surface area contributed by atoms with Gasteiger partial charge in [-0.25, -0.2) is 0 Å². The van der Waals surface area contributed by atoms with E-state index in [0.717, 1.165) is 17.1 Å². The van der Waals surface area contributed by atoms with E-state index in [9.17, 15) is 0 Å². The largest absolute Gasteiger partial charge is 0.311 e. The van der Waals surface area contributed by atoms with Crippen molar-refractivity contribution in [1.29, 1.82) is 0 Å². The summed E-state index contributed by atoms with van der Waals surface area (Å²) in [6, 6.07) is 73.9. The smallest absolute Gasteiger partial charge is 0.0462 e. The van der Waals surface area contributed by atoms with Gasteiger partial charge in [0.15, 0.2) is 0 Å². The van der Waals surface area contributed by atoms with Crippen molar-refractivity contribution < 1.29 is 0 Å². The third kappa shape index (κ3) is 5.64. The Labute approximate surface area is 347 Å². The number of fused-ring (bicyclic) bond motifs is 9. The standard InChI is InChI=1S/C54H33NS3/c1-4-10-49-43(7-1)46-28-19-37(31-52(46)56-49)34-13-22-40(23-14-34)55(41-24-15-35(16-25-41)38-20-29-47-44-8-2-5-11-50(44)57-53(47)32-38)42-26-17-36(18-27-42)39-21-30-48-45-9-3-6-12-51(45)58-54(48)33-39/h1-33H. The van der Waals surface area contributed by atoms with Crippen LogP contribution in [-0.4, -0.2) is 0 Å². The van der Waals surface area contributed by atoms with Crippen LogP contribution in [0.4, 0.5) is 17.1 Å². The Balaban J connectivity index is 0.911. The summed E-state index contributed by atoms with van der Waals surface area (Å²) in [5, 5.41) is 7.97. The maximum absolute atomic E-state index is 2.37. The van der Waals surface area contributed by atoms with Gasteiger partial charge >= 0.3 is 0 Å². The molecule has 0 saturated carbocycles. The van der Waals surface area contributed by atoms with Crippen LogP contribution >= 0.6 is 34.0 Å². The summed E-state index contributed by atoms with van der Waals surface area (Å²) in [6.07, 6.45) is 0. The Kier molecular flexibility index (Phi) is 7.83. The van der Waals surface area contributed by atoms with Gasteiger partial charge < -0.3 is 4.90 Å². The lowest BCUT2D eigenvalue weighted by atomic mass is 10.0. The first kappa shape index (κ1) is 33.6. The number of nitrogens with zero attached hydrogens (tertiary/aromatic N) is 1. The Hall–Kier alpha value is -6.56. The van der Waals surface area contributed by atoms with Gasteiger partial charge in [0.2, 0.25) is 0 Å². The summed E-state index contributed by atoms with van der Waals surface area (Å²) in [7, 11) is 0. The van der Waals surface area contributed by atoms with Crippen LogP contribution in [0.2, 0.25) is 0 Å². The molecule has 4 heteroatoms. The SMILES string of the molecule is c1ccc2c(c1)sc1cc(-c3ccc(N(c4ccc(-c5ccc6c(c5)sc5ccccc56)cc4)c4ccc(-c5ccc6c(c5)sc5ccccc56)cc4)cc3)ccc12. The van der Waals surface area contributed by atoms with Crippen molar-refractivity contribution in [3.63, 3.8) is 0 Å². The Bertz CT molecular complexity index is 3120. The van der Waals surface area contributed by atoms with Crippen LogP contribution in [0.5, 0.6) is 0 Å². The molecule has 9 aromatic carbocycles. The van der Waals surface area contributed by atoms with Crippen LogP contribution in [0.15, 0.2) is 200 Å². The Morgan fingerprint density at radius 1 is 0.224 bits per heavy atom. The molecule has 0 spiro atoms. The van der Waals surface area contributed by atoms with Crippen molar-refractivity contribution in [3.05, 3.63) is 200 Å². The molecule has 0 radical (unpaired) electrons. The van der Waals surface area contributed by atoms with Crippen LogP contribution < -0.4 is 4.90 Å². The maximum Gasteiger partial charge on any atom is 0.0462 e. The van der Waals surface area contributed by atoms with Crippen molar-refractivity contribution in [2.24, 2.45) is 0 Å². The second kappa shape index (κ2) is 13.5. The molecule has 0 atom stereocenters. The number of rotatable bonds is 6. The quantitative estimate of drug-likeness (QED) is 0.162. The van der Waals surface area contributed by atoms with Gasteiger partial charge in [0.05, 0.1) is 0 Å². The first-order valence-corrected chi connectivity index (χ1v) is 22.0. The lowest BCUT2D eigenvalue weighted by Gasteiger charge is -2.26. The number of benzene rings is 9. The first-order valence-electron chi connectivity index (χ1n) is 19.6. The molecule has 0 fully saturated rings. The van der Waals surface area contributed by atoms with Crippen LogP contribution in [0.25, 0.3) is 93.9 Å². The van der Waals surface area contributed by atoms with E-state index in [1.165, 1.54) is 93.9 Å². The fourth-order valence-electron chi connectivity index (χ4n) is 8.57. The molecule has 0 amide bonds. The molecule has 0 N–H and O–H groups in total. The van der Waals surface area contributed by atoms with Gasteiger partial charge in [-0.1, -0.05) is 127 Å². The van der Waals surface area contributed by atoms with E-state index in [4.69, 9.17) is 0 Å². The highest BCUT2D eigenvalue weighted by molar-refractivity contribution is 7.26. The Morgan fingerprint density at radius 2 is 0.483 bits per heavy atom. The molecule has 0 aliphatic heterocycles. The third-order valence-electron chi connectivity index (χ3n) is 11.5. The minimum absolute atomic E-state index is 1.12. The van der Waals surface area contributed by atoms with E-state index in [0.29, 0.717) is 0 Å². The summed E-state index contributed by atoms with van der Waals surface area (Å²) < 4.78 is 7.96. The molecule has 272 valence electrons. The highest BCUT2D eigenvalue weighted by Crippen LogP contribution is 2.42. The van der Waals surface area contributed by atoms with Gasteiger partial charge in [-0.3, -0.25) is 0 Å². The molecule has 0 aliphatic carbocycles. The molecule has 3 aromatic heterocycles. The van der Waals surface area contributed by atoms with Gasteiger partial charge in [-0.15, -0.1) is 34.0 Å². The first-order chi connectivity index (χ1) is 28.7. The van der Waals surface area contributed by atoms with E-state index >= 15 is 0 Å². The molecule has 12 aromatic rings. The molecule has 12 rings (SSSR count). The predicted octanol–water partition coefficient (Wildman–Crippen LogP) is 17.3. The van der Waals surface area contributed by atoms with Crippen molar-refractivity contribution in [3.8, 4) is 33.4 Å². The normalized spacial score (nSPS) is 11.8. The van der Waals surface area contributed by atoms with E-state index in [1.54, 1.807) is 0 Å². The van der Waals surface area contributed by atoms with Gasteiger partial charge in [0.1, 0.15) is 0 Å². The third-order valence-corrected chi connectivity index (χ3v) is 14.9. The molecular weight excluding hydrogens is 759 g/mol. The summed E-state index contributed by atoms with van der Waals surface area (Å²) in [6.45, 7) is 0. The molecule has 3 heterocycles. The van der Waals surface area contributed by atoms with Gasteiger partial charge in [0.25, 0.3) is 0 Å². The van der Waals surface area contributed by atoms with Gasteiger partial charge in [-0.2, -0.15) is 0 Å². The molecule has 58 heavy (non-hydrogen) atoms. The zero-order valence-electron chi connectivity index (χ0n) is 31.2. The van der Waals surface area contributed by atoms with Crippen molar-refractivity contribution >= 4 is 112 Å². The molecule has 0 unspecified atom stereocenters. The second-order valence-corrected chi connectivity index (χ2v) is 18.2. The molecule has 0 bridgehead atoms. The minimum atomic E-state index is 1.12. The van der Waals surface area contributed by atoms with Crippen molar-refractivity contribution in [2.45, 2.75) is 0 Å². The molecular formula is C54H33NS3. The van der Waals surface area contributed by atoms with Crippen LogP contribution in [-0.2, 0) is 0 Å². The van der Waals surface area contributed by atoms with Crippen molar-refractivity contribution in [1.82, 2.24) is 0 Å². The van der Waals surface area contributed by atoms with Crippen LogP contribution in [0, 0.1) is 0 Å². The number of hydrogen-bond donors (Lipinski definition) is 0. The van der Waals surface area contributed by atoms with E-state index in [2.05, 4.69) is 205 Å². The summed E-state index contributed by atoms with van der Waals surface area (Å²) in [5.74, 6) is 0. The summed E-state index contributed by atoms with van der Waals surface area (Å²) >= 11 is 5.60. The summed E-state index contributed by atoms with van der Waals surface area (Å²) in [4.78, 5) is 2.37. The number of anilines is 3. The Morgan fingerprint density at radius 3 is 0.793 bits per heavy atom. The average molecular weight is 792 g/mol.